The fourth-order valence-electron chi connectivity index (χ4n) is 4.58. The molecule has 4 rings (SSSR count). The zero-order valence-electron chi connectivity index (χ0n) is 16.9. The molecule has 0 unspecified atom stereocenters. The van der Waals surface area contributed by atoms with Gasteiger partial charge in [0, 0.05) is 36.9 Å². The van der Waals surface area contributed by atoms with Crippen molar-refractivity contribution in [1.82, 2.24) is 4.90 Å². The molecule has 5 nitrogen and oxygen atoms in total. The van der Waals surface area contributed by atoms with Gasteiger partial charge < -0.3 is 20.6 Å². The molecule has 1 amide bonds. The molecule has 0 radical (unpaired) electrons. The maximum absolute atomic E-state index is 14.4. The standard InChI is InChI=1S/C23H27ClFN3O2/c24-19-13-17(7-8-21(19)26)28(14-16-5-1-2-6-20(16)25)18-9-12-27(15-18)22(29)23(30)10-3-4-11-23/h1-2,5-8,13,18,30H,3-4,9-12,14-15,26H2/t18-/m0/s1. The van der Waals surface area contributed by atoms with Crippen molar-refractivity contribution < 1.29 is 14.3 Å². The number of rotatable bonds is 5. The highest BCUT2D eigenvalue weighted by atomic mass is 35.5. The number of amides is 1. The second-order valence-corrected chi connectivity index (χ2v) is 8.76. The van der Waals surface area contributed by atoms with E-state index in [0.717, 1.165) is 24.9 Å². The Hall–Kier alpha value is -2.31. The Labute approximate surface area is 181 Å². The van der Waals surface area contributed by atoms with Crippen LogP contribution in [0.15, 0.2) is 42.5 Å². The molecule has 1 saturated carbocycles. The number of hydrogen-bond donors (Lipinski definition) is 2. The Balaban J connectivity index is 1.59. The normalized spacial score (nSPS) is 20.5. The van der Waals surface area contributed by atoms with Crippen molar-refractivity contribution in [2.24, 2.45) is 0 Å². The van der Waals surface area contributed by atoms with Crippen molar-refractivity contribution in [2.45, 2.75) is 50.3 Å². The Morgan fingerprint density at radius 1 is 1.27 bits per heavy atom. The molecule has 0 aromatic heterocycles. The number of likely N-dealkylation sites (tertiary alicyclic amines) is 1. The molecule has 2 aromatic rings. The Morgan fingerprint density at radius 2 is 2.00 bits per heavy atom. The molecule has 2 aliphatic rings. The average molecular weight is 432 g/mol. The third-order valence-corrected chi connectivity index (χ3v) is 6.66. The molecule has 1 saturated heterocycles. The molecule has 1 aliphatic carbocycles. The first-order valence-corrected chi connectivity index (χ1v) is 10.8. The molecule has 1 heterocycles. The van der Waals surface area contributed by atoms with Crippen molar-refractivity contribution in [3.05, 3.63) is 58.9 Å². The van der Waals surface area contributed by atoms with Crippen LogP contribution in [0.5, 0.6) is 0 Å². The lowest BCUT2D eigenvalue weighted by molar-refractivity contribution is -0.149. The molecular formula is C23H27ClFN3O2. The molecule has 0 spiro atoms. The van der Waals surface area contributed by atoms with Gasteiger partial charge >= 0.3 is 0 Å². The number of carbonyl (C=O) groups is 1. The van der Waals surface area contributed by atoms with Gasteiger partial charge in [0.1, 0.15) is 11.4 Å². The van der Waals surface area contributed by atoms with Crippen molar-refractivity contribution in [3.63, 3.8) is 0 Å². The summed E-state index contributed by atoms with van der Waals surface area (Å²) in [7, 11) is 0. The van der Waals surface area contributed by atoms with Crippen molar-refractivity contribution >= 4 is 28.9 Å². The van der Waals surface area contributed by atoms with E-state index in [1.54, 1.807) is 29.2 Å². The van der Waals surface area contributed by atoms with E-state index < -0.39 is 5.60 Å². The van der Waals surface area contributed by atoms with Gasteiger partial charge in [0.25, 0.3) is 5.91 Å². The number of benzene rings is 2. The lowest BCUT2D eigenvalue weighted by atomic mass is 10.0. The number of carbonyl (C=O) groups excluding carboxylic acids is 1. The first-order valence-electron chi connectivity index (χ1n) is 10.4. The third-order valence-electron chi connectivity index (χ3n) is 6.33. The van der Waals surface area contributed by atoms with Gasteiger partial charge in [-0.15, -0.1) is 0 Å². The van der Waals surface area contributed by atoms with Crippen LogP contribution in [0.1, 0.15) is 37.7 Å². The van der Waals surface area contributed by atoms with Gasteiger partial charge in [0.15, 0.2) is 0 Å². The lowest BCUT2D eigenvalue weighted by Gasteiger charge is -2.33. The zero-order chi connectivity index (χ0) is 21.3. The van der Waals surface area contributed by atoms with E-state index in [0.29, 0.717) is 48.7 Å². The number of halogens is 2. The summed E-state index contributed by atoms with van der Waals surface area (Å²) in [4.78, 5) is 16.8. The molecule has 30 heavy (non-hydrogen) atoms. The van der Waals surface area contributed by atoms with Gasteiger partial charge in [-0.2, -0.15) is 0 Å². The van der Waals surface area contributed by atoms with Gasteiger partial charge in [0.2, 0.25) is 0 Å². The topological polar surface area (TPSA) is 69.8 Å². The summed E-state index contributed by atoms with van der Waals surface area (Å²) < 4.78 is 14.4. The molecule has 3 N–H and O–H groups in total. The highest BCUT2D eigenvalue weighted by Gasteiger charge is 2.44. The smallest absolute Gasteiger partial charge is 0.254 e. The number of nitrogen functional groups attached to an aromatic ring is 1. The highest BCUT2D eigenvalue weighted by Crippen LogP contribution is 2.34. The lowest BCUT2D eigenvalue weighted by Crippen LogP contribution is -2.47. The number of nitrogens with zero attached hydrogens (tertiary/aromatic N) is 2. The molecule has 1 atom stereocenters. The minimum absolute atomic E-state index is 0.0155. The van der Waals surface area contributed by atoms with E-state index in [4.69, 9.17) is 17.3 Å². The van der Waals surface area contributed by atoms with Gasteiger partial charge in [-0.05, 0) is 56.4 Å². The molecule has 2 aromatic carbocycles. The molecule has 0 bridgehead atoms. The Morgan fingerprint density at radius 3 is 2.70 bits per heavy atom. The predicted octanol–water partition coefficient (Wildman–Crippen LogP) is 3.97. The van der Waals surface area contributed by atoms with Crippen molar-refractivity contribution in [1.29, 1.82) is 0 Å². The van der Waals surface area contributed by atoms with Crippen LogP contribution in [-0.4, -0.2) is 40.6 Å². The minimum Gasteiger partial charge on any atom is -0.398 e. The Bertz CT molecular complexity index is 932. The number of anilines is 2. The number of nitrogens with two attached hydrogens (primary N) is 1. The van der Waals surface area contributed by atoms with Gasteiger partial charge in [0.05, 0.1) is 10.7 Å². The van der Waals surface area contributed by atoms with Crippen molar-refractivity contribution in [3.8, 4) is 0 Å². The third kappa shape index (κ3) is 4.12. The van der Waals surface area contributed by atoms with Gasteiger partial charge in [-0.1, -0.05) is 29.8 Å². The first kappa shape index (κ1) is 20.9. The summed E-state index contributed by atoms with van der Waals surface area (Å²) in [6, 6.07) is 12.1. The number of aliphatic hydroxyl groups is 1. The summed E-state index contributed by atoms with van der Waals surface area (Å²) in [6.07, 6.45) is 3.54. The van der Waals surface area contributed by atoms with Crippen LogP contribution in [0.3, 0.4) is 0 Å². The zero-order valence-corrected chi connectivity index (χ0v) is 17.6. The van der Waals surface area contributed by atoms with Crippen LogP contribution >= 0.6 is 11.6 Å². The van der Waals surface area contributed by atoms with Gasteiger partial charge in [-0.3, -0.25) is 4.79 Å². The summed E-state index contributed by atoms with van der Waals surface area (Å²) in [5.74, 6) is -0.445. The monoisotopic (exact) mass is 431 g/mol. The van der Waals surface area contributed by atoms with Crippen LogP contribution in [0.2, 0.25) is 5.02 Å². The van der Waals surface area contributed by atoms with Crippen molar-refractivity contribution in [2.75, 3.05) is 23.7 Å². The molecular weight excluding hydrogens is 405 g/mol. The second kappa shape index (κ2) is 8.44. The van der Waals surface area contributed by atoms with Crippen LogP contribution in [0.4, 0.5) is 15.8 Å². The first-order chi connectivity index (χ1) is 14.4. The maximum Gasteiger partial charge on any atom is 0.254 e. The summed E-state index contributed by atoms with van der Waals surface area (Å²) in [5, 5.41) is 11.2. The van der Waals surface area contributed by atoms with Crippen LogP contribution < -0.4 is 10.6 Å². The summed E-state index contributed by atoms with van der Waals surface area (Å²) >= 11 is 6.26. The average Bonchev–Trinajstić information content (AvgIpc) is 3.39. The van der Waals surface area contributed by atoms with Crippen LogP contribution in [0, 0.1) is 5.82 Å². The fourth-order valence-corrected chi connectivity index (χ4v) is 4.76. The van der Waals surface area contributed by atoms with Crippen LogP contribution in [-0.2, 0) is 11.3 Å². The highest BCUT2D eigenvalue weighted by molar-refractivity contribution is 6.33. The fraction of sp³-hybridized carbons (Fsp3) is 0.435. The largest absolute Gasteiger partial charge is 0.398 e. The van der Waals surface area contributed by atoms with E-state index >= 15 is 0 Å². The molecule has 160 valence electrons. The molecule has 1 aliphatic heterocycles. The second-order valence-electron chi connectivity index (χ2n) is 8.36. The Kier molecular flexibility index (Phi) is 5.89. The van der Waals surface area contributed by atoms with E-state index in [1.165, 1.54) is 6.07 Å². The van der Waals surface area contributed by atoms with Gasteiger partial charge in [-0.25, -0.2) is 4.39 Å². The van der Waals surface area contributed by atoms with E-state index in [1.807, 2.05) is 12.1 Å². The quantitative estimate of drug-likeness (QED) is 0.703. The number of hydrogen-bond acceptors (Lipinski definition) is 4. The minimum atomic E-state index is -1.23. The van der Waals surface area contributed by atoms with Crippen LogP contribution in [0.25, 0.3) is 0 Å². The SMILES string of the molecule is Nc1ccc(N(Cc2ccccc2F)[C@H]2CCN(C(=O)C3(O)CCCC3)C2)cc1Cl. The van der Waals surface area contributed by atoms with E-state index in [2.05, 4.69) is 4.90 Å². The summed E-state index contributed by atoms with van der Waals surface area (Å²) in [5.41, 5.74) is 6.54. The summed E-state index contributed by atoms with van der Waals surface area (Å²) in [6.45, 7) is 1.41. The molecule has 2 fully saturated rings. The maximum atomic E-state index is 14.4. The van der Waals surface area contributed by atoms with E-state index in [-0.39, 0.29) is 17.8 Å². The van der Waals surface area contributed by atoms with E-state index in [9.17, 15) is 14.3 Å². The predicted molar refractivity (Wildman–Crippen MR) is 117 cm³/mol. The molecule has 7 heteroatoms.